The largest absolute Gasteiger partial charge is 0.491 e. The molecule has 0 bridgehead atoms. The Kier molecular flexibility index (Phi) is 7.87. The van der Waals surface area contributed by atoms with Crippen molar-refractivity contribution in [3.63, 3.8) is 0 Å². The smallest absolute Gasteiger partial charge is 0.322 e. The Morgan fingerprint density at radius 3 is 2.69 bits per heavy atom. The van der Waals surface area contributed by atoms with Gasteiger partial charge < -0.3 is 19.9 Å². The number of ether oxygens (including phenoxy) is 1. The molecule has 1 unspecified atom stereocenters. The van der Waals surface area contributed by atoms with Crippen LogP contribution < -0.4 is 10.1 Å². The van der Waals surface area contributed by atoms with E-state index in [9.17, 15) is 9.59 Å². The second kappa shape index (κ2) is 11.2. The number of anilines is 1. The second-order valence-electron chi connectivity index (χ2n) is 8.69. The molecular formula is C28H31N3O3S. The van der Waals surface area contributed by atoms with Crippen LogP contribution in [-0.4, -0.2) is 48.0 Å². The van der Waals surface area contributed by atoms with Gasteiger partial charge in [-0.2, -0.15) is 0 Å². The average molecular weight is 490 g/mol. The van der Waals surface area contributed by atoms with Crippen molar-refractivity contribution in [1.82, 2.24) is 9.80 Å². The van der Waals surface area contributed by atoms with E-state index in [4.69, 9.17) is 4.74 Å². The maximum atomic E-state index is 13.5. The third-order valence-corrected chi connectivity index (χ3v) is 7.17. The number of nitrogens with one attached hydrogen (secondary N) is 1. The Morgan fingerprint density at radius 2 is 1.94 bits per heavy atom. The number of thiophene rings is 1. The summed E-state index contributed by atoms with van der Waals surface area (Å²) >= 11 is 1.72. The molecule has 2 heterocycles. The summed E-state index contributed by atoms with van der Waals surface area (Å²) in [5.41, 5.74) is 3.98. The van der Waals surface area contributed by atoms with Gasteiger partial charge >= 0.3 is 6.03 Å². The van der Waals surface area contributed by atoms with Gasteiger partial charge in [0, 0.05) is 23.7 Å². The topological polar surface area (TPSA) is 61.9 Å². The third kappa shape index (κ3) is 5.92. The van der Waals surface area contributed by atoms with E-state index in [1.165, 1.54) is 9.78 Å². The van der Waals surface area contributed by atoms with Crippen molar-refractivity contribution in [3.05, 3.63) is 94.2 Å². The summed E-state index contributed by atoms with van der Waals surface area (Å²) in [7, 11) is 0. The summed E-state index contributed by atoms with van der Waals surface area (Å²) in [5.74, 6) is 0.703. The number of carbonyl (C=O) groups is 2. The standard InChI is InChI=1S/C28H31N3O3S/c1-4-15-30(28(33)29-22-11-9-20(2)10-12-22)18-27(32)31-16-13-26-23(14-17-35-26)24(31)19-34-25-8-6-5-7-21(25)3/h4-12,14,17,24H,1,13,15-16,18-19H2,2-3H3,(H,29,33). The lowest BCUT2D eigenvalue weighted by Gasteiger charge is -2.37. The van der Waals surface area contributed by atoms with E-state index in [1.807, 2.05) is 67.3 Å². The van der Waals surface area contributed by atoms with Crippen molar-refractivity contribution in [2.45, 2.75) is 26.3 Å². The van der Waals surface area contributed by atoms with Crippen LogP contribution in [0.15, 0.2) is 72.6 Å². The molecule has 6 nitrogen and oxygen atoms in total. The normalized spacial score (nSPS) is 14.7. The number of carbonyl (C=O) groups excluding carboxylic acids is 2. The highest BCUT2D eigenvalue weighted by atomic mass is 32.1. The van der Waals surface area contributed by atoms with Gasteiger partial charge in [-0.15, -0.1) is 17.9 Å². The number of urea groups is 1. The van der Waals surface area contributed by atoms with Gasteiger partial charge in [0.15, 0.2) is 0 Å². The van der Waals surface area contributed by atoms with Gasteiger partial charge in [0.25, 0.3) is 0 Å². The van der Waals surface area contributed by atoms with E-state index >= 15 is 0 Å². The molecule has 0 radical (unpaired) electrons. The van der Waals surface area contributed by atoms with Gasteiger partial charge in [-0.25, -0.2) is 4.79 Å². The lowest BCUT2D eigenvalue weighted by molar-refractivity contribution is -0.135. The third-order valence-electron chi connectivity index (χ3n) is 6.17. The first kappa shape index (κ1) is 24.5. The minimum atomic E-state index is -0.331. The number of hydrogen-bond acceptors (Lipinski definition) is 4. The Morgan fingerprint density at radius 1 is 1.17 bits per heavy atom. The highest BCUT2D eigenvalue weighted by Gasteiger charge is 2.33. The van der Waals surface area contributed by atoms with Crippen LogP contribution in [0.3, 0.4) is 0 Å². The molecule has 0 fully saturated rings. The molecule has 1 N–H and O–H groups in total. The van der Waals surface area contributed by atoms with Crippen molar-refractivity contribution in [1.29, 1.82) is 0 Å². The zero-order chi connectivity index (χ0) is 24.8. The fourth-order valence-electron chi connectivity index (χ4n) is 4.23. The molecule has 1 aliphatic rings. The molecule has 3 amide bonds. The molecule has 182 valence electrons. The zero-order valence-electron chi connectivity index (χ0n) is 20.2. The van der Waals surface area contributed by atoms with Crippen molar-refractivity contribution in [2.75, 3.05) is 31.6 Å². The van der Waals surface area contributed by atoms with Crippen molar-refractivity contribution in [2.24, 2.45) is 0 Å². The molecule has 1 aromatic heterocycles. The molecule has 7 heteroatoms. The number of hydrogen-bond donors (Lipinski definition) is 1. The lowest BCUT2D eigenvalue weighted by Crippen LogP contribution is -2.48. The minimum absolute atomic E-state index is 0.0376. The van der Waals surface area contributed by atoms with Crippen LogP contribution >= 0.6 is 11.3 Å². The number of aryl methyl sites for hydroxylation is 2. The van der Waals surface area contributed by atoms with Crippen molar-refractivity contribution in [3.8, 4) is 5.75 Å². The van der Waals surface area contributed by atoms with E-state index in [0.717, 1.165) is 28.9 Å². The summed E-state index contributed by atoms with van der Waals surface area (Å²) in [6, 6.07) is 17.0. The molecule has 3 aromatic rings. The zero-order valence-corrected chi connectivity index (χ0v) is 21.0. The van der Waals surface area contributed by atoms with Crippen LogP contribution in [0.5, 0.6) is 5.75 Å². The molecule has 35 heavy (non-hydrogen) atoms. The Hall–Kier alpha value is -3.58. The molecule has 0 saturated heterocycles. The minimum Gasteiger partial charge on any atom is -0.491 e. The van der Waals surface area contributed by atoms with Crippen LogP contribution in [0.2, 0.25) is 0 Å². The Labute approximate surface area is 210 Å². The molecule has 1 atom stereocenters. The molecule has 1 aliphatic heterocycles. The highest BCUT2D eigenvalue weighted by Crippen LogP contribution is 2.34. The van der Waals surface area contributed by atoms with Gasteiger partial charge in [0.1, 0.15) is 18.9 Å². The van der Waals surface area contributed by atoms with Crippen molar-refractivity contribution < 1.29 is 14.3 Å². The van der Waals surface area contributed by atoms with E-state index in [1.54, 1.807) is 17.4 Å². The summed E-state index contributed by atoms with van der Waals surface area (Å²) in [6.45, 7) is 8.95. The monoisotopic (exact) mass is 489 g/mol. The molecule has 0 spiro atoms. The van der Waals surface area contributed by atoms with Crippen LogP contribution in [0.4, 0.5) is 10.5 Å². The number of para-hydroxylation sites is 1. The Bertz CT molecular complexity index is 1190. The molecule has 2 aromatic carbocycles. The molecule has 4 rings (SSSR count). The Balaban J connectivity index is 1.48. The van der Waals surface area contributed by atoms with Gasteiger partial charge in [-0.3, -0.25) is 4.79 Å². The van der Waals surface area contributed by atoms with Gasteiger partial charge in [-0.1, -0.05) is 42.0 Å². The summed E-state index contributed by atoms with van der Waals surface area (Å²) < 4.78 is 6.17. The number of benzene rings is 2. The SMILES string of the molecule is C=CCN(CC(=O)N1CCc2sccc2C1COc1ccccc1C)C(=O)Nc1ccc(C)cc1. The van der Waals surface area contributed by atoms with Crippen LogP contribution in [0, 0.1) is 13.8 Å². The fourth-order valence-corrected chi connectivity index (χ4v) is 5.16. The summed E-state index contributed by atoms with van der Waals surface area (Å²) in [6.07, 6.45) is 2.44. The number of rotatable bonds is 8. The second-order valence-corrected chi connectivity index (χ2v) is 9.69. The molecule has 0 saturated carbocycles. The fraction of sp³-hybridized carbons (Fsp3) is 0.286. The highest BCUT2D eigenvalue weighted by molar-refractivity contribution is 7.10. The summed E-state index contributed by atoms with van der Waals surface area (Å²) in [5, 5.41) is 4.95. The predicted octanol–water partition coefficient (Wildman–Crippen LogP) is 5.59. The first-order valence-electron chi connectivity index (χ1n) is 11.7. The van der Waals surface area contributed by atoms with Gasteiger partial charge in [0.2, 0.25) is 5.91 Å². The number of fused-ring (bicyclic) bond motifs is 1. The van der Waals surface area contributed by atoms with E-state index < -0.39 is 0 Å². The molecule has 0 aliphatic carbocycles. The van der Waals surface area contributed by atoms with Crippen LogP contribution in [0.1, 0.15) is 27.6 Å². The van der Waals surface area contributed by atoms with Gasteiger partial charge in [-0.05, 0) is 61.0 Å². The molecular weight excluding hydrogens is 458 g/mol. The first-order valence-corrected chi connectivity index (χ1v) is 12.6. The quantitative estimate of drug-likeness (QED) is 0.420. The van der Waals surface area contributed by atoms with Crippen LogP contribution in [-0.2, 0) is 11.2 Å². The van der Waals surface area contributed by atoms with Crippen LogP contribution in [0.25, 0.3) is 0 Å². The van der Waals surface area contributed by atoms with E-state index in [0.29, 0.717) is 18.8 Å². The first-order chi connectivity index (χ1) is 17.0. The van der Waals surface area contributed by atoms with E-state index in [2.05, 4.69) is 23.3 Å². The summed E-state index contributed by atoms with van der Waals surface area (Å²) in [4.78, 5) is 31.1. The maximum absolute atomic E-state index is 13.5. The average Bonchev–Trinajstić information content (AvgIpc) is 3.33. The van der Waals surface area contributed by atoms with Gasteiger partial charge in [0.05, 0.1) is 6.04 Å². The number of amides is 3. The predicted molar refractivity (Wildman–Crippen MR) is 141 cm³/mol. The lowest BCUT2D eigenvalue weighted by atomic mass is 10.0. The van der Waals surface area contributed by atoms with E-state index in [-0.39, 0.29) is 31.1 Å². The number of nitrogens with zero attached hydrogens (tertiary/aromatic N) is 2. The maximum Gasteiger partial charge on any atom is 0.322 e. The van der Waals surface area contributed by atoms with Crippen molar-refractivity contribution >= 4 is 29.0 Å².